The normalized spacial score (nSPS) is 9.85. The van der Waals surface area contributed by atoms with Crippen molar-refractivity contribution in [2.45, 2.75) is 0 Å². The van der Waals surface area contributed by atoms with Gasteiger partial charge in [0.25, 0.3) is 5.69 Å². The zero-order valence-electron chi connectivity index (χ0n) is 9.71. The minimum atomic E-state index is -0.635. The molecule has 0 saturated heterocycles. The number of pyridine rings is 1. The van der Waals surface area contributed by atoms with Gasteiger partial charge < -0.3 is 4.74 Å². The Balaban J connectivity index is 2.41. The Morgan fingerprint density at radius 2 is 2.20 bits per heavy atom. The number of halogens is 2. The molecule has 2 aromatic rings. The number of aromatic nitrogens is 1. The topological polar surface area (TPSA) is 89.0 Å². The third-order valence-corrected chi connectivity index (χ3v) is 3.07. The van der Waals surface area contributed by atoms with Crippen LogP contribution in [0.1, 0.15) is 5.56 Å². The molecule has 0 radical (unpaired) electrons. The zero-order valence-corrected chi connectivity index (χ0v) is 12.1. The molecule has 6 nitrogen and oxygen atoms in total. The number of nitrogens with zero attached hydrogens (tertiary/aromatic N) is 3. The first-order chi connectivity index (χ1) is 9.51. The molecule has 0 spiro atoms. The molecule has 0 N–H and O–H groups in total. The fraction of sp³-hybridized carbons (Fsp3) is 0. The van der Waals surface area contributed by atoms with Gasteiger partial charge in [0.15, 0.2) is 0 Å². The van der Waals surface area contributed by atoms with Gasteiger partial charge in [-0.05, 0) is 18.2 Å². The summed E-state index contributed by atoms with van der Waals surface area (Å²) in [6, 6.07) is 7.83. The van der Waals surface area contributed by atoms with Crippen LogP contribution < -0.4 is 4.74 Å². The number of rotatable bonds is 3. The van der Waals surface area contributed by atoms with Gasteiger partial charge in [-0.25, -0.2) is 4.98 Å². The van der Waals surface area contributed by atoms with E-state index in [4.69, 9.17) is 21.6 Å². The average molecular weight is 355 g/mol. The summed E-state index contributed by atoms with van der Waals surface area (Å²) in [4.78, 5) is 13.8. The first kappa shape index (κ1) is 14.2. The molecule has 0 saturated carbocycles. The summed E-state index contributed by atoms with van der Waals surface area (Å²) in [6.45, 7) is 0. The SMILES string of the molecule is N#Cc1cc([N+](=O)[O-])cnc1Oc1cc(Br)ccc1Cl. The number of nitriles is 1. The maximum atomic E-state index is 10.6. The van der Waals surface area contributed by atoms with Crippen molar-refractivity contribution in [2.75, 3.05) is 0 Å². The van der Waals surface area contributed by atoms with Crippen LogP contribution in [-0.4, -0.2) is 9.91 Å². The third-order valence-electron chi connectivity index (χ3n) is 2.27. The first-order valence-corrected chi connectivity index (χ1v) is 6.36. The predicted octanol–water partition coefficient (Wildman–Crippen LogP) is 4.07. The fourth-order valence-corrected chi connectivity index (χ4v) is 1.86. The van der Waals surface area contributed by atoms with Crippen LogP contribution in [-0.2, 0) is 0 Å². The molecule has 0 bridgehead atoms. The highest BCUT2D eigenvalue weighted by molar-refractivity contribution is 9.10. The standard InChI is InChI=1S/C12H5BrClN3O3/c13-8-1-2-10(14)11(4-8)20-12-7(5-15)3-9(6-16-12)17(18)19/h1-4,6H. The van der Waals surface area contributed by atoms with Crippen molar-refractivity contribution in [3.8, 4) is 17.7 Å². The maximum absolute atomic E-state index is 10.6. The molecule has 0 fully saturated rings. The summed E-state index contributed by atoms with van der Waals surface area (Å²) in [5.74, 6) is 0.247. The second-order valence-corrected chi connectivity index (χ2v) is 4.91. The monoisotopic (exact) mass is 353 g/mol. The van der Waals surface area contributed by atoms with Gasteiger partial charge in [-0.15, -0.1) is 0 Å². The van der Waals surface area contributed by atoms with E-state index in [2.05, 4.69) is 20.9 Å². The molecule has 100 valence electrons. The average Bonchev–Trinajstić information content (AvgIpc) is 2.43. The van der Waals surface area contributed by atoms with Gasteiger partial charge in [0.1, 0.15) is 23.6 Å². The molecule has 0 aliphatic heterocycles. The molecule has 2 rings (SSSR count). The Bertz CT molecular complexity index is 730. The van der Waals surface area contributed by atoms with Crippen LogP contribution in [0.4, 0.5) is 5.69 Å². The van der Waals surface area contributed by atoms with Crippen molar-refractivity contribution in [1.29, 1.82) is 5.26 Å². The van der Waals surface area contributed by atoms with E-state index in [1.54, 1.807) is 24.3 Å². The minimum absolute atomic E-state index is 0.0434. The number of ether oxygens (including phenoxy) is 1. The second-order valence-electron chi connectivity index (χ2n) is 3.59. The summed E-state index contributed by atoms with van der Waals surface area (Å²) < 4.78 is 6.16. The largest absolute Gasteiger partial charge is 0.436 e. The molecule has 8 heteroatoms. The van der Waals surface area contributed by atoms with Crippen molar-refractivity contribution < 1.29 is 9.66 Å². The van der Waals surface area contributed by atoms with Crippen LogP contribution in [0.5, 0.6) is 11.6 Å². The second kappa shape index (κ2) is 5.86. The lowest BCUT2D eigenvalue weighted by Gasteiger charge is -2.08. The van der Waals surface area contributed by atoms with Crippen LogP contribution in [0, 0.1) is 21.4 Å². The highest BCUT2D eigenvalue weighted by atomic mass is 79.9. The summed E-state index contributed by atoms with van der Waals surface area (Å²) in [5, 5.41) is 19.9. The van der Waals surface area contributed by atoms with Gasteiger partial charge in [-0.1, -0.05) is 27.5 Å². The number of hydrogen-bond acceptors (Lipinski definition) is 5. The fourth-order valence-electron chi connectivity index (χ4n) is 1.36. The molecule has 1 aromatic heterocycles. The Labute approximate surface area is 126 Å². The minimum Gasteiger partial charge on any atom is -0.436 e. The molecule has 0 aliphatic rings. The van der Waals surface area contributed by atoms with Crippen molar-refractivity contribution in [2.24, 2.45) is 0 Å². The van der Waals surface area contributed by atoms with Gasteiger partial charge in [-0.3, -0.25) is 10.1 Å². The smallest absolute Gasteiger partial charge is 0.289 e. The lowest BCUT2D eigenvalue weighted by molar-refractivity contribution is -0.385. The van der Waals surface area contributed by atoms with E-state index >= 15 is 0 Å². The summed E-state index contributed by atoms with van der Waals surface area (Å²) in [5.41, 5.74) is -0.329. The summed E-state index contributed by atoms with van der Waals surface area (Å²) in [7, 11) is 0. The lowest BCUT2D eigenvalue weighted by Crippen LogP contribution is -1.96. The summed E-state index contributed by atoms with van der Waals surface area (Å²) in [6.07, 6.45) is 1.02. The number of benzene rings is 1. The van der Waals surface area contributed by atoms with Gasteiger partial charge in [0.2, 0.25) is 5.88 Å². The molecule has 0 aliphatic carbocycles. The van der Waals surface area contributed by atoms with Crippen LogP contribution in [0.3, 0.4) is 0 Å². The van der Waals surface area contributed by atoms with Gasteiger partial charge >= 0.3 is 0 Å². The van der Waals surface area contributed by atoms with E-state index < -0.39 is 4.92 Å². The van der Waals surface area contributed by atoms with Gasteiger partial charge in [0.05, 0.1) is 9.95 Å². The van der Waals surface area contributed by atoms with Crippen molar-refractivity contribution in [3.63, 3.8) is 0 Å². The van der Waals surface area contributed by atoms with Gasteiger partial charge in [-0.2, -0.15) is 5.26 Å². The molecular formula is C12H5BrClN3O3. The molecule has 0 atom stereocenters. The first-order valence-electron chi connectivity index (χ1n) is 5.18. The quantitative estimate of drug-likeness (QED) is 0.612. The maximum Gasteiger partial charge on any atom is 0.289 e. The summed E-state index contributed by atoms with van der Waals surface area (Å²) >= 11 is 9.22. The van der Waals surface area contributed by atoms with Gasteiger partial charge in [0, 0.05) is 10.5 Å². The van der Waals surface area contributed by atoms with E-state index in [9.17, 15) is 10.1 Å². The van der Waals surface area contributed by atoms with Crippen molar-refractivity contribution in [3.05, 3.63) is 55.6 Å². The molecule has 20 heavy (non-hydrogen) atoms. The van der Waals surface area contributed by atoms with E-state index in [-0.39, 0.29) is 17.1 Å². The third kappa shape index (κ3) is 3.04. The molecule has 0 amide bonds. The predicted molar refractivity (Wildman–Crippen MR) is 74.8 cm³/mol. The van der Waals surface area contributed by atoms with Crippen LogP contribution in [0.15, 0.2) is 34.9 Å². The molecule has 0 unspecified atom stereocenters. The van der Waals surface area contributed by atoms with Crippen molar-refractivity contribution >= 4 is 33.2 Å². The van der Waals surface area contributed by atoms with E-state index in [0.29, 0.717) is 10.8 Å². The molecular weight excluding hydrogens is 350 g/mol. The zero-order chi connectivity index (χ0) is 14.7. The molecule has 1 aromatic carbocycles. The Morgan fingerprint density at radius 1 is 1.45 bits per heavy atom. The Hall–Kier alpha value is -2.17. The van der Waals surface area contributed by atoms with Crippen LogP contribution in [0.25, 0.3) is 0 Å². The highest BCUT2D eigenvalue weighted by Gasteiger charge is 2.15. The molecule has 1 heterocycles. The highest BCUT2D eigenvalue weighted by Crippen LogP contribution is 2.33. The van der Waals surface area contributed by atoms with Crippen LogP contribution in [0.2, 0.25) is 5.02 Å². The lowest BCUT2D eigenvalue weighted by atomic mass is 10.2. The Morgan fingerprint density at radius 3 is 2.85 bits per heavy atom. The van der Waals surface area contributed by atoms with E-state index in [1.807, 2.05) is 0 Å². The number of hydrogen-bond donors (Lipinski definition) is 0. The van der Waals surface area contributed by atoms with E-state index in [0.717, 1.165) is 16.7 Å². The Kier molecular flexibility index (Phi) is 4.17. The number of nitro groups is 1. The van der Waals surface area contributed by atoms with E-state index in [1.165, 1.54) is 0 Å². The van der Waals surface area contributed by atoms with Crippen LogP contribution >= 0.6 is 27.5 Å². The van der Waals surface area contributed by atoms with Crippen molar-refractivity contribution in [1.82, 2.24) is 4.98 Å².